The monoisotopic (exact) mass is 403 g/mol. The molecule has 1 saturated heterocycles. The van der Waals surface area contributed by atoms with Gasteiger partial charge in [-0.25, -0.2) is 0 Å². The Labute approximate surface area is 175 Å². The summed E-state index contributed by atoms with van der Waals surface area (Å²) >= 11 is 1.89. The summed E-state index contributed by atoms with van der Waals surface area (Å²) in [5.41, 5.74) is 6.27. The Morgan fingerprint density at radius 2 is 1.93 bits per heavy atom. The Balaban J connectivity index is 1.55. The quantitative estimate of drug-likeness (QED) is 0.642. The van der Waals surface area contributed by atoms with Gasteiger partial charge in [0.15, 0.2) is 5.17 Å². The first kappa shape index (κ1) is 18.4. The third-order valence-electron chi connectivity index (χ3n) is 5.90. The molecule has 29 heavy (non-hydrogen) atoms. The summed E-state index contributed by atoms with van der Waals surface area (Å²) in [7, 11) is 0. The smallest absolute Gasteiger partial charge is 0.160 e. The van der Waals surface area contributed by atoms with Crippen molar-refractivity contribution in [3.8, 4) is 0 Å². The van der Waals surface area contributed by atoms with Crippen molar-refractivity contribution in [1.82, 2.24) is 19.4 Å². The number of hydrogen-bond donors (Lipinski definition) is 0. The number of hydrogen-bond acceptors (Lipinski definition) is 5. The lowest BCUT2D eigenvalue weighted by molar-refractivity contribution is 0.320. The average molecular weight is 404 g/mol. The van der Waals surface area contributed by atoms with Crippen molar-refractivity contribution in [3.63, 3.8) is 0 Å². The molecule has 0 bridgehead atoms. The van der Waals surface area contributed by atoms with E-state index in [-0.39, 0.29) is 12.1 Å². The van der Waals surface area contributed by atoms with E-state index < -0.39 is 0 Å². The van der Waals surface area contributed by atoms with E-state index in [4.69, 9.17) is 4.99 Å². The topological polar surface area (TPSA) is 46.3 Å². The summed E-state index contributed by atoms with van der Waals surface area (Å²) in [4.78, 5) is 16.4. The zero-order valence-corrected chi connectivity index (χ0v) is 17.8. The summed E-state index contributed by atoms with van der Waals surface area (Å²) in [6.07, 6.45) is 5.60. The van der Waals surface area contributed by atoms with Crippen LogP contribution in [0.3, 0.4) is 0 Å². The summed E-state index contributed by atoms with van der Waals surface area (Å²) in [5, 5.41) is 1.73. The summed E-state index contributed by atoms with van der Waals surface area (Å²) < 4.78 is 2.41. The Kier molecular flexibility index (Phi) is 4.66. The van der Waals surface area contributed by atoms with E-state index in [0.29, 0.717) is 5.25 Å². The van der Waals surface area contributed by atoms with Gasteiger partial charge in [0.2, 0.25) is 0 Å². The van der Waals surface area contributed by atoms with E-state index in [1.165, 1.54) is 22.5 Å². The Hall–Kier alpha value is -2.60. The van der Waals surface area contributed by atoms with Gasteiger partial charge in [-0.3, -0.25) is 15.0 Å². The van der Waals surface area contributed by atoms with Gasteiger partial charge in [0, 0.05) is 48.3 Å². The number of amidine groups is 1. The van der Waals surface area contributed by atoms with Crippen molar-refractivity contribution in [2.24, 2.45) is 4.99 Å². The fourth-order valence-corrected chi connectivity index (χ4v) is 5.59. The minimum Gasteiger partial charge on any atom is -0.344 e. The zero-order chi connectivity index (χ0) is 20.0. The molecular weight excluding hydrogens is 378 g/mol. The SMILES string of the molecule is Cc1cc(C2C(c3ccccn3)N=C3SC(C)CN32)c(C)n1Cc1ccncc1. The molecule has 148 valence electrons. The van der Waals surface area contributed by atoms with E-state index in [1.807, 2.05) is 36.4 Å². The minimum absolute atomic E-state index is 0.0427. The molecule has 0 amide bonds. The van der Waals surface area contributed by atoms with Gasteiger partial charge in [0.05, 0.1) is 11.7 Å². The maximum absolute atomic E-state index is 5.12. The van der Waals surface area contributed by atoms with Crippen LogP contribution in [-0.4, -0.2) is 36.4 Å². The largest absolute Gasteiger partial charge is 0.344 e. The molecule has 3 aromatic rings. The average Bonchev–Trinajstić information content (AvgIpc) is 3.35. The molecule has 5 rings (SSSR count). The third kappa shape index (κ3) is 3.25. The maximum atomic E-state index is 5.12. The van der Waals surface area contributed by atoms with Gasteiger partial charge in [0.1, 0.15) is 6.04 Å². The molecule has 1 fully saturated rings. The molecule has 3 atom stereocenters. The molecule has 3 unspecified atom stereocenters. The standard InChI is InChI=1S/C23H25N5S/c1-15-12-19(17(3)27(15)14-18-7-10-24-11-8-18)22-21(20-6-4-5-9-25-20)26-23-28(22)13-16(2)29-23/h4-12,16,21-22H,13-14H2,1-3H3. The van der Waals surface area contributed by atoms with Crippen molar-refractivity contribution in [1.29, 1.82) is 0 Å². The molecule has 0 spiro atoms. The lowest BCUT2D eigenvalue weighted by Crippen LogP contribution is -2.29. The van der Waals surface area contributed by atoms with Crippen LogP contribution in [0.15, 0.2) is 60.0 Å². The van der Waals surface area contributed by atoms with Gasteiger partial charge >= 0.3 is 0 Å². The molecule has 2 aliphatic heterocycles. The second-order valence-electron chi connectivity index (χ2n) is 7.90. The van der Waals surface area contributed by atoms with Gasteiger partial charge in [-0.2, -0.15) is 0 Å². The zero-order valence-electron chi connectivity index (χ0n) is 17.0. The first-order valence-corrected chi connectivity index (χ1v) is 11.0. The third-order valence-corrected chi connectivity index (χ3v) is 7.00. The van der Waals surface area contributed by atoms with E-state index in [2.05, 4.69) is 70.5 Å². The van der Waals surface area contributed by atoms with E-state index in [0.717, 1.165) is 24.0 Å². The van der Waals surface area contributed by atoms with Crippen LogP contribution >= 0.6 is 11.8 Å². The normalized spacial score (nSPS) is 23.3. The minimum atomic E-state index is 0.0427. The van der Waals surface area contributed by atoms with Crippen molar-refractivity contribution in [3.05, 3.63) is 83.2 Å². The Bertz CT molecular complexity index is 1040. The number of fused-ring (bicyclic) bond motifs is 1. The molecule has 2 aliphatic rings. The van der Waals surface area contributed by atoms with E-state index in [1.54, 1.807) is 0 Å². The van der Waals surface area contributed by atoms with Crippen molar-refractivity contribution in [2.75, 3.05) is 6.54 Å². The van der Waals surface area contributed by atoms with E-state index in [9.17, 15) is 0 Å². The van der Waals surface area contributed by atoms with Crippen LogP contribution in [0.25, 0.3) is 0 Å². The van der Waals surface area contributed by atoms with Crippen LogP contribution in [0.5, 0.6) is 0 Å². The molecule has 0 saturated carbocycles. The Morgan fingerprint density at radius 3 is 2.69 bits per heavy atom. The fraction of sp³-hybridized carbons (Fsp3) is 0.348. The molecular formula is C23H25N5S. The predicted molar refractivity (Wildman–Crippen MR) is 118 cm³/mol. The molecule has 0 N–H and O–H groups in total. The van der Waals surface area contributed by atoms with E-state index >= 15 is 0 Å². The summed E-state index contributed by atoms with van der Waals surface area (Å²) in [6.45, 7) is 8.62. The van der Waals surface area contributed by atoms with Crippen LogP contribution < -0.4 is 0 Å². The highest BCUT2D eigenvalue weighted by atomic mass is 32.2. The highest BCUT2D eigenvalue weighted by molar-refractivity contribution is 8.14. The van der Waals surface area contributed by atoms with Crippen molar-refractivity contribution in [2.45, 2.75) is 44.6 Å². The number of aromatic nitrogens is 3. The molecule has 0 aromatic carbocycles. The van der Waals surface area contributed by atoms with Crippen molar-refractivity contribution >= 4 is 16.9 Å². The van der Waals surface area contributed by atoms with Crippen LogP contribution in [0.4, 0.5) is 0 Å². The Morgan fingerprint density at radius 1 is 1.10 bits per heavy atom. The van der Waals surface area contributed by atoms with Crippen LogP contribution in [0.1, 0.15) is 47.2 Å². The highest BCUT2D eigenvalue weighted by Gasteiger charge is 2.44. The predicted octanol–water partition coefficient (Wildman–Crippen LogP) is 4.53. The van der Waals surface area contributed by atoms with Crippen LogP contribution in [0.2, 0.25) is 0 Å². The molecule has 3 aromatic heterocycles. The summed E-state index contributed by atoms with van der Waals surface area (Å²) in [5.74, 6) is 0. The number of pyridine rings is 2. The highest BCUT2D eigenvalue weighted by Crippen LogP contribution is 2.48. The molecule has 0 aliphatic carbocycles. The van der Waals surface area contributed by atoms with Gasteiger partial charge in [-0.1, -0.05) is 24.8 Å². The maximum Gasteiger partial charge on any atom is 0.160 e. The molecule has 5 heterocycles. The number of aryl methyl sites for hydroxylation is 1. The van der Waals surface area contributed by atoms with Gasteiger partial charge in [0.25, 0.3) is 0 Å². The molecule has 5 nitrogen and oxygen atoms in total. The second-order valence-corrected chi connectivity index (χ2v) is 9.31. The first-order valence-electron chi connectivity index (χ1n) is 10.1. The lowest BCUT2D eigenvalue weighted by atomic mass is 9.96. The van der Waals surface area contributed by atoms with Gasteiger partial charge in [-0.05, 0) is 55.3 Å². The van der Waals surface area contributed by atoms with Gasteiger partial charge < -0.3 is 9.47 Å². The summed E-state index contributed by atoms with van der Waals surface area (Å²) in [6, 6.07) is 12.9. The number of rotatable bonds is 4. The van der Waals surface area contributed by atoms with Crippen LogP contribution in [0, 0.1) is 13.8 Å². The number of aliphatic imine (C=N–C) groups is 1. The number of thioether (sulfide) groups is 1. The second kappa shape index (κ2) is 7.34. The van der Waals surface area contributed by atoms with Gasteiger partial charge in [-0.15, -0.1) is 0 Å². The van der Waals surface area contributed by atoms with Crippen molar-refractivity contribution < 1.29 is 0 Å². The number of nitrogens with zero attached hydrogens (tertiary/aromatic N) is 5. The molecule has 6 heteroatoms. The lowest BCUT2D eigenvalue weighted by Gasteiger charge is -2.27. The fourth-order valence-electron chi connectivity index (χ4n) is 4.50. The van der Waals surface area contributed by atoms with Crippen LogP contribution in [-0.2, 0) is 6.54 Å². The molecule has 0 radical (unpaired) electrons. The first-order chi connectivity index (χ1) is 14.1.